The molecule has 2 atom stereocenters. The van der Waals surface area contributed by atoms with Gasteiger partial charge in [-0.3, -0.25) is 9.59 Å². The highest BCUT2D eigenvalue weighted by Crippen LogP contribution is 2.32. The molecule has 0 bridgehead atoms. The molecule has 29 heavy (non-hydrogen) atoms. The van der Waals surface area contributed by atoms with Gasteiger partial charge in [0.1, 0.15) is 18.5 Å². The lowest BCUT2D eigenvalue weighted by atomic mass is 9.97. The molecule has 6 nitrogen and oxygen atoms in total. The molecule has 4 rings (SSSR count). The maximum atomic E-state index is 14.4. The number of hydrogen-bond donors (Lipinski definition) is 0. The molecular weight excluding hydrogens is 375 g/mol. The Bertz CT molecular complexity index is 1000. The van der Waals surface area contributed by atoms with Gasteiger partial charge in [0.05, 0.1) is 6.04 Å². The van der Waals surface area contributed by atoms with Crippen molar-refractivity contribution in [2.45, 2.75) is 18.5 Å². The number of carbonyl (C=O) groups excluding carboxylic acids is 3. The summed E-state index contributed by atoms with van der Waals surface area (Å²) >= 11 is 0. The van der Waals surface area contributed by atoms with Crippen LogP contribution in [0.25, 0.3) is 5.57 Å². The number of rotatable bonds is 4. The van der Waals surface area contributed by atoms with Crippen molar-refractivity contribution in [2.75, 3.05) is 13.7 Å². The summed E-state index contributed by atoms with van der Waals surface area (Å²) in [5.41, 5.74) is 1.35. The third-order valence-electron chi connectivity index (χ3n) is 5.24. The molecule has 0 spiro atoms. The Labute approximate surface area is 167 Å². The van der Waals surface area contributed by atoms with Gasteiger partial charge in [-0.25, -0.2) is 14.1 Å². The zero-order valence-corrected chi connectivity index (χ0v) is 15.7. The first-order valence-corrected chi connectivity index (χ1v) is 9.24. The zero-order valence-electron chi connectivity index (χ0n) is 15.7. The molecule has 0 aromatic heterocycles. The predicted octanol–water partition coefficient (Wildman–Crippen LogP) is 2.64. The van der Waals surface area contributed by atoms with E-state index in [-0.39, 0.29) is 17.7 Å². The third kappa shape index (κ3) is 3.40. The SMILES string of the molecule is CN1C(=O)C=C(c2ccccc2F)C1C(=O)N1C(=O)OCC1Cc1ccccc1. The van der Waals surface area contributed by atoms with Crippen LogP contribution in [0.1, 0.15) is 11.1 Å². The fourth-order valence-corrected chi connectivity index (χ4v) is 3.77. The molecule has 0 aliphatic carbocycles. The second kappa shape index (κ2) is 7.50. The largest absolute Gasteiger partial charge is 0.447 e. The van der Waals surface area contributed by atoms with Crippen LogP contribution in [-0.2, 0) is 20.7 Å². The summed E-state index contributed by atoms with van der Waals surface area (Å²) in [4.78, 5) is 40.3. The molecule has 1 saturated heterocycles. The Morgan fingerprint density at radius 3 is 2.52 bits per heavy atom. The maximum absolute atomic E-state index is 14.4. The van der Waals surface area contributed by atoms with E-state index in [1.165, 1.54) is 36.2 Å². The molecule has 7 heteroatoms. The summed E-state index contributed by atoms with van der Waals surface area (Å²) in [5, 5.41) is 0. The second-order valence-electron chi connectivity index (χ2n) is 7.06. The van der Waals surface area contributed by atoms with Crippen LogP contribution >= 0.6 is 0 Å². The number of ether oxygens (including phenoxy) is 1. The van der Waals surface area contributed by atoms with Gasteiger partial charge in [-0.15, -0.1) is 0 Å². The van der Waals surface area contributed by atoms with Gasteiger partial charge in [-0.05, 0) is 23.6 Å². The van der Waals surface area contributed by atoms with Crippen LogP contribution in [0.3, 0.4) is 0 Å². The van der Waals surface area contributed by atoms with E-state index < -0.39 is 35.8 Å². The summed E-state index contributed by atoms with van der Waals surface area (Å²) in [6.07, 6.45) is 0.923. The number of likely N-dealkylation sites (N-methyl/N-ethyl adjacent to an activating group) is 1. The maximum Gasteiger partial charge on any atom is 0.417 e. The van der Waals surface area contributed by atoms with E-state index in [4.69, 9.17) is 4.74 Å². The Hall–Kier alpha value is -3.48. The van der Waals surface area contributed by atoms with Crippen molar-refractivity contribution in [1.82, 2.24) is 9.80 Å². The Morgan fingerprint density at radius 1 is 1.10 bits per heavy atom. The van der Waals surface area contributed by atoms with Crippen molar-refractivity contribution < 1.29 is 23.5 Å². The number of hydrogen-bond acceptors (Lipinski definition) is 4. The lowest BCUT2D eigenvalue weighted by Crippen LogP contribution is -2.50. The van der Waals surface area contributed by atoms with Gasteiger partial charge in [0, 0.05) is 18.7 Å². The number of carbonyl (C=O) groups is 3. The average molecular weight is 394 g/mol. The Kier molecular flexibility index (Phi) is 4.88. The van der Waals surface area contributed by atoms with Gasteiger partial charge < -0.3 is 9.64 Å². The lowest BCUT2D eigenvalue weighted by Gasteiger charge is -2.28. The van der Waals surface area contributed by atoms with Crippen molar-refractivity contribution in [3.05, 3.63) is 77.6 Å². The van der Waals surface area contributed by atoms with Crippen molar-refractivity contribution in [3.63, 3.8) is 0 Å². The monoisotopic (exact) mass is 394 g/mol. The molecule has 0 N–H and O–H groups in total. The molecular formula is C22H19FN2O4. The number of nitrogens with zero attached hydrogens (tertiary/aromatic N) is 2. The Balaban J connectivity index is 1.65. The molecule has 1 fully saturated rings. The summed E-state index contributed by atoms with van der Waals surface area (Å²) in [6, 6.07) is 13.8. The van der Waals surface area contributed by atoms with Gasteiger partial charge in [0.15, 0.2) is 0 Å². The van der Waals surface area contributed by atoms with Crippen molar-refractivity contribution >= 4 is 23.5 Å². The van der Waals surface area contributed by atoms with Crippen molar-refractivity contribution in [2.24, 2.45) is 0 Å². The highest BCUT2D eigenvalue weighted by molar-refractivity contribution is 6.13. The van der Waals surface area contributed by atoms with Crippen LogP contribution in [0, 0.1) is 5.82 Å². The highest BCUT2D eigenvalue weighted by atomic mass is 19.1. The minimum atomic E-state index is -1.09. The molecule has 2 aromatic carbocycles. The number of halogens is 1. The van der Waals surface area contributed by atoms with E-state index >= 15 is 0 Å². The summed E-state index contributed by atoms with van der Waals surface area (Å²) < 4.78 is 19.5. The molecule has 2 aliphatic heterocycles. The Morgan fingerprint density at radius 2 is 1.79 bits per heavy atom. The quantitative estimate of drug-likeness (QED) is 0.800. The van der Waals surface area contributed by atoms with E-state index in [1.54, 1.807) is 6.07 Å². The number of imide groups is 1. The first-order valence-electron chi connectivity index (χ1n) is 9.24. The topological polar surface area (TPSA) is 66.9 Å². The number of cyclic esters (lactones) is 1. The highest BCUT2D eigenvalue weighted by Gasteiger charge is 2.46. The predicted molar refractivity (Wildman–Crippen MR) is 103 cm³/mol. The summed E-state index contributed by atoms with van der Waals surface area (Å²) in [5.74, 6) is -1.56. The van der Waals surface area contributed by atoms with E-state index in [0.29, 0.717) is 6.42 Å². The van der Waals surface area contributed by atoms with E-state index in [2.05, 4.69) is 0 Å². The molecule has 2 aromatic rings. The third-order valence-corrected chi connectivity index (χ3v) is 5.24. The minimum Gasteiger partial charge on any atom is -0.447 e. The van der Waals surface area contributed by atoms with E-state index in [1.807, 2.05) is 30.3 Å². The standard InChI is InChI=1S/C22H19FN2O4/c1-24-19(26)12-17(16-9-5-6-10-18(16)23)20(24)21(27)25-15(13-29-22(25)28)11-14-7-3-2-4-8-14/h2-10,12,15,20H,11,13H2,1H3. The van der Waals surface area contributed by atoms with E-state index in [0.717, 1.165) is 10.5 Å². The van der Waals surface area contributed by atoms with Gasteiger partial charge in [-0.1, -0.05) is 48.5 Å². The van der Waals surface area contributed by atoms with Crippen molar-refractivity contribution in [1.29, 1.82) is 0 Å². The van der Waals surface area contributed by atoms with Gasteiger partial charge in [-0.2, -0.15) is 0 Å². The number of benzene rings is 2. The molecule has 2 aliphatic rings. The van der Waals surface area contributed by atoms with Crippen LogP contribution in [-0.4, -0.2) is 53.4 Å². The van der Waals surface area contributed by atoms with E-state index in [9.17, 15) is 18.8 Å². The van der Waals surface area contributed by atoms with Gasteiger partial charge in [0.25, 0.3) is 5.91 Å². The number of amides is 3. The first-order chi connectivity index (χ1) is 14.0. The van der Waals surface area contributed by atoms with Gasteiger partial charge >= 0.3 is 6.09 Å². The van der Waals surface area contributed by atoms with Crippen LogP contribution < -0.4 is 0 Å². The normalized spacial score (nSPS) is 21.4. The lowest BCUT2D eigenvalue weighted by molar-refractivity contribution is -0.137. The smallest absolute Gasteiger partial charge is 0.417 e. The zero-order chi connectivity index (χ0) is 20.5. The van der Waals surface area contributed by atoms with Crippen molar-refractivity contribution in [3.8, 4) is 0 Å². The first kappa shape index (κ1) is 18.9. The molecule has 2 unspecified atom stereocenters. The fraction of sp³-hybridized carbons (Fsp3) is 0.227. The fourth-order valence-electron chi connectivity index (χ4n) is 3.77. The van der Waals surface area contributed by atoms with Crippen LogP contribution in [0.4, 0.5) is 9.18 Å². The summed E-state index contributed by atoms with van der Waals surface area (Å²) in [6.45, 7) is 0.0720. The summed E-state index contributed by atoms with van der Waals surface area (Å²) in [7, 11) is 1.46. The molecule has 0 saturated carbocycles. The second-order valence-corrected chi connectivity index (χ2v) is 7.06. The average Bonchev–Trinajstić information content (AvgIpc) is 3.22. The van der Waals surface area contributed by atoms with Crippen LogP contribution in [0.2, 0.25) is 0 Å². The molecule has 2 heterocycles. The van der Waals surface area contributed by atoms with Crippen LogP contribution in [0.5, 0.6) is 0 Å². The molecule has 3 amide bonds. The minimum absolute atomic E-state index is 0.0720. The molecule has 0 radical (unpaired) electrons. The molecule has 148 valence electrons. The van der Waals surface area contributed by atoms with Gasteiger partial charge in [0.2, 0.25) is 5.91 Å². The van der Waals surface area contributed by atoms with Crippen LogP contribution in [0.15, 0.2) is 60.7 Å².